The van der Waals surface area contributed by atoms with Crippen LogP contribution in [0.3, 0.4) is 0 Å². The van der Waals surface area contributed by atoms with Crippen LogP contribution in [-0.2, 0) is 21.3 Å². The van der Waals surface area contributed by atoms with E-state index in [0.29, 0.717) is 11.5 Å². The fourth-order valence-electron chi connectivity index (χ4n) is 1.42. The summed E-state index contributed by atoms with van der Waals surface area (Å²) in [5.74, 6) is 1.34. The zero-order valence-electron chi connectivity index (χ0n) is 8.23. The van der Waals surface area contributed by atoms with Crippen molar-refractivity contribution in [3.05, 3.63) is 35.4 Å². The monoisotopic (exact) mass is 210 g/mol. The third-order valence-corrected chi connectivity index (χ3v) is 3.58. The summed E-state index contributed by atoms with van der Waals surface area (Å²) in [5.41, 5.74) is 2.38. The van der Waals surface area contributed by atoms with E-state index in [1.54, 1.807) is 0 Å². The van der Waals surface area contributed by atoms with Crippen molar-refractivity contribution in [2.75, 3.05) is 12.4 Å². The molecule has 2 rings (SSSR count). The van der Waals surface area contributed by atoms with E-state index < -0.39 is 10.8 Å². The van der Waals surface area contributed by atoms with Crippen LogP contribution in [0, 0.1) is 6.92 Å². The maximum absolute atomic E-state index is 11.6. The van der Waals surface area contributed by atoms with Gasteiger partial charge in [-0.15, -0.1) is 0 Å². The SMILES string of the molecule is Cc1cccc(CS(=O)CC2CO2)c1. The lowest BCUT2D eigenvalue weighted by atomic mass is 10.2. The van der Waals surface area contributed by atoms with E-state index in [0.717, 1.165) is 12.2 Å². The molecule has 1 aromatic rings. The molecule has 1 heterocycles. The van der Waals surface area contributed by atoms with Crippen LogP contribution < -0.4 is 0 Å². The Hall–Kier alpha value is -0.670. The largest absolute Gasteiger partial charge is 0.372 e. The molecule has 76 valence electrons. The van der Waals surface area contributed by atoms with E-state index in [9.17, 15) is 4.21 Å². The maximum atomic E-state index is 11.6. The first kappa shape index (κ1) is 9.87. The van der Waals surface area contributed by atoms with Gasteiger partial charge >= 0.3 is 0 Å². The lowest BCUT2D eigenvalue weighted by Crippen LogP contribution is -2.06. The van der Waals surface area contributed by atoms with Crippen LogP contribution >= 0.6 is 0 Å². The average molecular weight is 210 g/mol. The summed E-state index contributed by atoms with van der Waals surface area (Å²) in [7, 11) is -0.772. The van der Waals surface area contributed by atoms with Crippen LogP contribution in [0.2, 0.25) is 0 Å². The first-order valence-corrected chi connectivity index (χ1v) is 6.25. The first-order valence-electron chi connectivity index (χ1n) is 4.76. The summed E-state index contributed by atoms with van der Waals surface area (Å²) in [5, 5.41) is 0. The molecule has 2 nitrogen and oxygen atoms in total. The predicted octanol–water partition coefficient (Wildman–Crippen LogP) is 1.64. The second-order valence-electron chi connectivity index (χ2n) is 3.70. The highest BCUT2D eigenvalue weighted by atomic mass is 32.2. The molecule has 14 heavy (non-hydrogen) atoms. The third-order valence-electron chi connectivity index (χ3n) is 2.18. The van der Waals surface area contributed by atoms with E-state index in [1.807, 2.05) is 12.1 Å². The van der Waals surface area contributed by atoms with Crippen LogP contribution in [-0.4, -0.2) is 22.7 Å². The quantitative estimate of drug-likeness (QED) is 0.707. The molecule has 1 saturated heterocycles. The van der Waals surface area contributed by atoms with Crippen molar-refractivity contribution < 1.29 is 8.95 Å². The molecule has 0 amide bonds. The molecule has 1 aliphatic heterocycles. The molecule has 2 atom stereocenters. The number of benzene rings is 1. The van der Waals surface area contributed by atoms with E-state index in [4.69, 9.17) is 4.74 Å². The molecule has 0 saturated carbocycles. The van der Waals surface area contributed by atoms with E-state index in [-0.39, 0.29) is 6.10 Å². The highest BCUT2D eigenvalue weighted by Crippen LogP contribution is 2.13. The van der Waals surface area contributed by atoms with Crippen LogP contribution in [0.5, 0.6) is 0 Å². The summed E-state index contributed by atoms with van der Waals surface area (Å²) in [4.78, 5) is 0. The van der Waals surface area contributed by atoms with Crippen molar-refractivity contribution in [2.45, 2.75) is 18.8 Å². The Bertz CT molecular complexity index is 345. The van der Waals surface area contributed by atoms with Crippen molar-refractivity contribution in [3.8, 4) is 0 Å². The van der Waals surface area contributed by atoms with Gasteiger partial charge in [-0.05, 0) is 12.5 Å². The van der Waals surface area contributed by atoms with Gasteiger partial charge in [0.05, 0.1) is 18.5 Å². The van der Waals surface area contributed by atoms with Crippen molar-refractivity contribution in [2.24, 2.45) is 0 Å². The molecule has 0 spiro atoms. The smallest absolute Gasteiger partial charge is 0.0924 e. The topological polar surface area (TPSA) is 29.6 Å². The van der Waals surface area contributed by atoms with Gasteiger partial charge in [0.15, 0.2) is 0 Å². The molecule has 1 aromatic carbocycles. The average Bonchev–Trinajstić information content (AvgIpc) is 2.87. The number of epoxide rings is 1. The molecule has 0 radical (unpaired) electrons. The van der Waals surface area contributed by atoms with Crippen molar-refractivity contribution in [3.63, 3.8) is 0 Å². The van der Waals surface area contributed by atoms with Crippen molar-refractivity contribution in [1.29, 1.82) is 0 Å². The highest BCUT2D eigenvalue weighted by molar-refractivity contribution is 7.84. The fraction of sp³-hybridized carbons (Fsp3) is 0.455. The molecule has 0 bridgehead atoms. The Balaban J connectivity index is 1.92. The Morgan fingerprint density at radius 1 is 1.57 bits per heavy atom. The van der Waals surface area contributed by atoms with E-state index in [2.05, 4.69) is 19.1 Å². The van der Waals surface area contributed by atoms with E-state index in [1.165, 1.54) is 5.56 Å². The normalized spacial score (nSPS) is 21.9. The van der Waals surface area contributed by atoms with Crippen LogP contribution in [0.4, 0.5) is 0 Å². The Morgan fingerprint density at radius 2 is 2.36 bits per heavy atom. The Morgan fingerprint density at radius 3 is 3.00 bits per heavy atom. The van der Waals surface area contributed by atoms with Gasteiger partial charge in [0.1, 0.15) is 0 Å². The Labute approximate surface area is 86.7 Å². The second-order valence-corrected chi connectivity index (χ2v) is 5.20. The maximum Gasteiger partial charge on any atom is 0.0924 e. The first-order chi connectivity index (χ1) is 6.74. The van der Waals surface area contributed by atoms with Crippen molar-refractivity contribution in [1.82, 2.24) is 0 Å². The summed E-state index contributed by atoms with van der Waals surface area (Å²) in [6, 6.07) is 8.18. The van der Waals surface area contributed by atoms with Gasteiger partial charge in [-0.1, -0.05) is 29.8 Å². The van der Waals surface area contributed by atoms with Crippen LogP contribution in [0.15, 0.2) is 24.3 Å². The van der Waals surface area contributed by atoms with Gasteiger partial charge in [0.2, 0.25) is 0 Å². The lowest BCUT2D eigenvalue weighted by Gasteiger charge is -2.01. The van der Waals surface area contributed by atoms with Gasteiger partial charge in [0, 0.05) is 16.6 Å². The van der Waals surface area contributed by atoms with Gasteiger partial charge in [-0.3, -0.25) is 4.21 Å². The number of hydrogen-bond donors (Lipinski definition) is 0. The zero-order chi connectivity index (χ0) is 9.97. The Kier molecular flexibility index (Phi) is 2.99. The summed E-state index contributed by atoms with van der Waals surface area (Å²) < 4.78 is 16.7. The summed E-state index contributed by atoms with van der Waals surface area (Å²) in [6.07, 6.45) is 0.264. The summed E-state index contributed by atoms with van der Waals surface area (Å²) in [6.45, 7) is 2.84. The number of rotatable bonds is 4. The van der Waals surface area contributed by atoms with Crippen molar-refractivity contribution >= 4 is 10.8 Å². The molecule has 1 fully saturated rings. The van der Waals surface area contributed by atoms with Crippen LogP contribution in [0.25, 0.3) is 0 Å². The molecule has 0 aromatic heterocycles. The molecule has 2 unspecified atom stereocenters. The molecule has 0 aliphatic carbocycles. The molecule has 1 aliphatic rings. The van der Waals surface area contributed by atoms with Gasteiger partial charge in [-0.2, -0.15) is 0 Å². The molecule has 3 heteroatoms. The zero-order valence-corrected chi connectivity index (χ0v) is 9.05. The number of hydrogen-bond acceptors (Lipinski definition) is 2. The second kappa shape index (κ2) is 4.24. The fourth-order valence-corrected chi connectivity index (χ4v) is 2.69. The predicted molar refractivity (Wildman–Crippen MR) is 57.6 cm³/mol. The third kappa shape index (κ3) is 2.93. The standard InChI is InChI=1S/C11H14O2S/c1-9-3-2-4-10(5-9)7-14(12)8-11-6-13-11/h2-5,11H,6-8H2,1H3. The summed E-state index contributed by atoms with van der Waals surface area (Å²) >= 11 is 0. The minimum absolute atomic E-state index is 0.264. The van der Waals surface area contributed by atoms with E-state index >= 15 is 0 Å². The van der Waals surface area contributed by atoms with Gasteiger partial charge < -0.3 is 4.74 Å². The molecular weight excluding hydrogens is 196 g/mol. The van der Waals surface area contributed by atoms with Crippen LogP contribution in [0.1, 0.15) is 11.1 Å². The minimum atomic E-state index is -0.772. The number of ether oxygens (including phenoxy) is 1. The lowest BCUT2D eigenvalue weighted by molar-refractivity contribution is 0.424. The molecule has 0 N–H and O–H groups in total. The molecular formula is C11H14O2S. The number of aryl methyl sites for hydroxylation is 1. The van der Waals surface area contributed by atoms with Gasteiger partial charge in [0.25, 0.3) is 0 Å². The van der Waals surface area contributed by atoms with Gasteiger partial charge in [-0.25, -0.2) is 0 Å². The highest BCUT2D eigenvalue weighted by Gasteiger charge is 2.24. The minimum Gasteiger partial charge on any atom is -0.372 e.